The average molecular weight is 374 g/mol. The molecule has 1 saturated heterocycles. The summed E-state index contributed by atoms with van der Waals surface area (Å²) in [5.41, 5.74) is 0.350. The molecule has 24 heavy (non-hydrogen) atoms. The first-order valence-electron chi connectivity index (χ1n) is 7.47. The van der Waals surface area contributed by atoms with Crippen LogP contribution in [0.25, 0.3) is 0 Å². The molecule has 0 amide bonds. The van der Waals surface area contributed by atoms with Crippen molar-refractivity contribution in [3.8, 4) is 0 Å². The largest absolute Gasteiger partial charge is 0.416 e. The van der Waals surface area contributed by atoms with Crippen LogP contribution in [0.3, 0.4) is 0 Å². The summed E-state index contributed by atoms with van der Waals surface area (Å²) in [6, 6.07) is 3.43. The first-order chi connectivity index (χ1) is 11.3. The maximum absolute atomic E-state index is 13.8. The minimum absolute atomic E-state index is 0.000247. The van der Waals surface area contributed by atoms with E-state index in [0.29, 0.717) is 24.3 Å². The van der Waals surface area contributed by atoms with Gasteiger partial charge in [-0.1, -0.05) is 17.8 Å². The van der Waals surface area contributed by atoms with Gasteiger partial charge in [0.25, 0.3) is 5.22 Å². The predicted octanol–water partition coefficient (Wildman–Crippen LogP) is 3.18. The molecule has 0 spiro atoms. The highest BCUT2D eigenvalue weighted by molar-refractivity contribution is 7.99. The van der Waals surface area contributed by atoms with Crippen molar-refractivity contribution in [3.63, 3.8) is 0 Å². The van der Waals surface area contributed by atoms with Crippen LogP contribution in [-0.4, -0.2) is 30.1 Å². The van der Waals surface area contributed by atoms with Crippen molar-refractivity contribution in [1.82, 2.24) is 10.2 Å². The zero-order valence-electron chi connectivity index (χ0n) is 12.9. The molecule has 2 aromatic rings. The summed E-state index contributed by atoms with van der Waals surface area (Å²) in [5, 5.41) is 7.78. The summed E-state index contributed by atoms with van der Waals surface area (Å²) in [5.74, 6) is -0.513. The van der Waals surface area contributed by atoms with Crippen molar-refractivity contribution in [2.24, 2.45) is 5.92 Å². The summed E-state index contributed by atoms with van der Waals surface area (Å²) in [6.45, 7) is 1.76. The van der Waals surface area contributed by atoms with Gasteiger partial charge in [-0.25, -0.2) is 17.2 Å². The lowest BCUT2D eigenvalue weighted by Gasteiger charge is -2.09. The van der Waals surface area contributed by atoms with Gasteiger partial charge in [0, 0.05) is 23.3 Å². The quantitative estimate of drug-likeness (QED) is 0.749. The third kappa shape index (κ3) is 4.13. The van der Waals surface area contributed by atoms with Gasteiger partial charge in [-0.05, 0) is 25.3 Å². The Balaban J connectivity index is 1.63. The lowest BCUT2D eigenvalue weighted by atomic mass is 10.1. The molecule has 3 rings (SSSR count). The van der Waals surface area contributed by atoms with E-state index in [0.717, 1.165) is 6.07 Å². The maximum Gasteiger partial charge on any atom is 0.277 e. The van der Waals surface area contributed by atoms with Crippen molar-refractivity contribution < 1.29 is 21.6 Å². The SMILES string of the molecule is CC(Sc1nnc(CC2CCS(=O)(=O)C2)o1)c1ccc(F)cc1F. The summed E-state index contributed by atoms with van der Waals surface area (Å²) in [7, 11) is -2.94. The van der Waals surface area contributed by atoms with Gasteiger partial charge in [0.2, 0.25) is 5.89 Å². The Labute approximate surface area is 142 Å². The molecule has 0 bridgehead atoms. The molecule has 9 heteroatoms. The molecule has 1 aliphatic rings. The Bertz CT molecular complexity index is 839. The Morgan fingerprint density at radius 3 is 2.83 bits per heavy atom. The fourth-order valence-electron chi connectivity index (χ4n) is 2.69. The van der Waals surface area contributed by atoms with Crippen LogP contribution in [0.15, 0.2) is 27.8 Å². The van der Waals surface area contributed by atoms with Crippen molar-refractivity contribution in [1.29, 1.82) is 0 Å². The van der Waals surface area contributed by atoms with E-state index < -0.39 is 21.5 Å². The number of hydrogen-bond acceptors (Lipinski definition) is 6. The van der Waals surface area contributed by atoms with Gasteiger partial charge in [-0.2, -0.15) is 0 Å². The van der Waals surface area contributed by atoms with Gasteiger partial charge in [-0.3, -0.25) is 0 Å². The monoisotopic (exact) mass is 374 g/mol. The van der Waals surface area contributed by atoms with Crippen LogP contribution < -0.4 is 0 Å². The highest BCUT2D eigenvalue weighted by atomic mass is 32.2. The Kier molecular flexibility index (Phi) is 4.91. The number of nitrogens with zero attached hydrogens (tertiary/aromatic N) is 2. The lowest BCUT2D eigenvalue weighted by Crippen LogP contribution is -2.07. The smallest absolute Gasteiger partial charge is 0.277 e. The standard InChI is InChI=1S/C15H16F2N2O3S2/c1-9(12-3-2-11(16)7-13(12)17)23-15-19-18-14(22-15)6-10-4-5-24(20,21)8-10/h2-3,7,9-10H,4-6,8H2,1H3. The Morgan fingerprint density at radius 1 is 1.38 bits per heavy atom. The molecule has 130 valence electrons. The Morgan fingerprint density at radius 2 is 2.17 bits per heavy atom. The number of halogens is 2. The molecule has 0 aliphatic carbocycles. The van der Waals surface area contributed by atoms with E-state index in [9.17, 15) is 17.2 Å². The van der Waals surface area contributed by atoms with Crippen LogP contribution in [0.5, 0.6) is 0 Å². The van der Waals surface area contributed by atoms with Gasteiger partial charge in [0.1, 0.15) is 11.6 Å². The molecule has 1 aromatic carbocycles. The van der Waals surface area contributed by atoms with E-state index in [1.807, 2.05) is 0 Å². The predicted molar refractivity (Wildman–Crippen MR) is 85.4 cm³/mol. The number of rotatable bonds is 5. The summed E-state index contributed by atoms with van der Waals surface area (Å²) >= 11 is 1.17. The molecular weight excluding hydrogens is 358 g/mol. The number of benzene rings is 1. The first-order valence-corrected chi connectivity index (χ1v) is 10.2. The minimum Gasteiger partial charge on any atom is -0.416 e. The van der Waals surface area contributed by atoms with Crippen LogP contribution in [0.2, 0.25) is 0 Å². The second-order valence-corrected chi connectivity index (χ2v) is 9.38. The summed E-state index contributed by atoms with van der Waals surface area (Å²) < 4.78 is 55.2. The number of sulfone groups is 1. The molecule has 2 unspecified atom stereocenters. The molecule has 5 nitrogen and oxygen atoms in total. The lowest BCUT2D eigenvalue weighted by molar-refractivity contribution is 0.389. The molecule has 2 heterocycles. The summed E-state index contributed by atoms with van der Waals surface area (Å²) in [6.07, 6.45) is 1.02. The zero-order valence-corrected chi connectivity index (χ0v) is 14.5. The third-order valence-electron chi connectivity index (χ3n) is 3.92. The maximum atomic E-state index is 13.8. The second-order valence-electron chi connectivity index (χ2n) is 5.86. The molecule has 1 aliphatic heterocycles. The fourth-order valence-corrected chi connectivity index (χ4v) is 5.41. The van der Waals surface area contributed by atoms with Gasteiger partial charge in [0.05, 0.1) is 11.5 Å². The Hall–Kier alpha value is -1.48. The molecule has 1 fully saturated rings. The third-order valence-corrected chi connectivity index (χ3v) is 6.73. The number of thioether (sulfide) groups is 1. The molecule has 1 aromatic heterocycles. The van der Waals surface area contributed by atoms with Crippen LogP contribution in [0.1, 0.15) is 30.0 Å². The molecular formula is C15H16F2N2O3S2. The van der Waals surface area contributed by atoms with E-state index in [1.165, 1.54) is 23.9 Å². The van der Waals surface area contributed by atoms with E-state index in [4.69, 9.17) is 4.42 Å². The molecule has 2 atom stereocenters. The van der Waals surface area contributed by atoms with Crippen LogP contribution in [0.4, 0.5) is 8.78 Å². The van der Waals surface area contributed by atoms with Gasteiger partial charge < -0.3 is 4.42 Å². The van der Waals surface area contributed by atoms with Crippen LogP contribution >= 0.6 is 11.8 Å². The fraction of sp³-hybridized carbons (Fsp3) is 0.467. The molecule has 0 radical (unpaired) electrons. The van der Waals surface area contributed by atoms with Crippen molar-refractivity contribution in [2.45, 2.75) is 30.2 Å². The van der Waals surface area contributed by atoms with Crippen molar-refractivity contribution in [2.75, 3.05) is 11.5 Å². The normalized spacial score (nSPS) is 21.0. The highest BCUT2D eigenvalue weighted by Gasteiger charge is 2.29. The van der Waals surface area contributed by atoms with E-state index in [2.05, 4.69) is 10.2 Å². The topological polar surface area (TPSA) is 73.1 Å². The van der Waals surface area contributed by atoms with Gasteiger partial charge >= 0.3 is 0 Å². The number of aromatic nitrogens is 2. The first kappa shape index (κ1) is 17.3. The zero-order chi connectivity index (χ0) is 17.3. The molecule has 0 saturated carbocycles. The van der Waals surface area contributed by atoms with E-state index in [-0.39, 0.29) is 27.9 Å². The van der Waals surface area contributed by atoms with Crippen LogP contribution in [0, 0.1) is 17.6 Å². The van der Waals surface area contributed by atoms with Gasteiger partial charge in [0.15, 0.2) is 9.84 Å². The van der Waals surface area contributed by atoms with Gasteiger partial charge in [-0.15, -0.1) is 10.2 Å². The van der Waals surface area contributed by atoms with Crippen molar-refractivity contribution in [3.05, 3.63) is 41.3 Å². The summed E-state index contributed by atoms with van der Waals surface area (Å²) in [4.78, 5) is 0. The molecule has 0 N–H and O–H groups in total. The second kappa shape index (κ2) is 6.79. The number of hydrogen-bond donors (Lipinski definition) is 0. The van der Waals surface area contributed by atoms with E-state index >= 15 is 0 Å². The van der Waals surface area contributed by atoms with Crippen molar-refractivity contribution >= 4 is 21.6 Å². The average Bonchev–Trinajstić information content (AvgIpc) is 3.05. The van der Waals surface area contributed by atoms with E-state index in [1.54, 1.807) is 6.92 Å². The highest BCUT2D eigenvalue weighted by Crippen LogP contribution is 2.35. The minimum atomic E-state index is -2.94. The van der Waals surface area contributed by atoms with Crippen LogP contribution in [-0.2, 0) is 16.3 Å².